The number of amides is 3. The molecule has 1 unspecified atom stereocenters. The second-order valence-corrected chi connectivity index (χ2v) is 7.71. The van der Waals surface area contributed by atoms with E-state index in [1.807, 2.05) is 30.3 Å². The number of ether oxygens (including phenoxy) is 1. The smallest absolute Gasteiger partial charge is 0.322 e. The number of fused-ring (bicyclic) bond motifs is 1. The predicted molar refractivity (Wildman–Crippen MR) is 89.4 cm³/mol. The molecule has 140 valence electrons. The van der Waals surface area contributed by atoms with Crippen LogP contribution in [0.25, 0.3) is 0 Å². The largest absolute Gasteiger partial charge is 0.376 e. The summed E-state index contributed by atoms with van der Waals surface area (Å²) >= 11 is 0. The van der Waals surface area contributed by atoms with Gasteiger partial charge in [-0.2, -0.15) is 0 Å². The number of benzene rings is 1. The Kier molecular flexibility index (Phi) is 4.22. The van der Waals surface area contributed by atoms with E-state index in [1.54, 1.807) is 0 Å². The van der Waals surface area contributed by atoms with Crippen molar-refractivity contribution in [2.24, 2.45) is 17.8 Å². The number of nitrogens with one attached hydrogen (secondary N) is 2. The molecule has 1 aliphatic heterocycles. The zero-order valence-electron chi connectivity index (χ0n) is 14.3. The fourth-order valence-electron chi connectivity index (χ4n) is 4.99. The van der Waals surface area contributed by atoms with Crippen LogP contribution < -0.4 is 10.6 Å². The first kappa shape index (κ1) is 17.4. The third-order valence-corrected chi connectivity index (χ3v) is 6.12. The number of urea groups is 1. The summed E-state index contributed by atoms with van der Waals surface area (Å²) in [6.45, 7) is 0.645. The fraction of sp³-hybridized carbons (Fsp3) is 0.579. The Hall–Kier alpha value is -2.02. The molecule has 4 rings (SSSR count). The summed E-state index contributed by atoms with van der Waals surface area (Å²) in [6, 6.07) is 9.09. The third kappa shape index (κ3) is 2.98. The van der Waals surface area contributed by atoms with Gasteiger partial charge in [0.15, 0.2) is 0 Å². The zero-order chi connectivity index (χ0) is 18.4. The molecule has 4 atom stereocenters. The highest BCUT2D eigenvalue weighted by molar-refractivity contribution is 6.07. The Morgan fingerprint density at radius 2 is 1.92 bits per heavy atom. The molecule has 0 bridgehead atoms. The lowest BCUT2D eigenvalue weighted by molar-refractivity contribution is -0.126. The molecular weight excluding hydrogens is 342 g/mol. The maximum absolute atomic E-state index is 13.9. The fourth-order valence-corrected chi connectivity index (χ4v) is 4.99. The van der Waals surface area contributed by atoms with Crippen molar-refractivity contribution in [1.29, 1.82) is 0 Å². The average molecular weight is 364 g/mol. The highest BCUT2D eigenvalue weighted by Gasteiger charge is 2.63. The molecule has 1 aromatic carbocycles. The summed E-state index contributed by atoms with van der Waals surface area (Å²) in [5.74, 6) is -3.73. The molecule has 1 aromatic rings. The molecule has 7 heteroatoms. The lowest BCUT2D eigenvalue weighted by Crippen LogP contribution is -2.52. The maximum Gasteiger partial charge on any atom is 0.322 e. The summed E-state index contributed by atoms with van der Waals surface area (Å²) in [5, 5.41) is 5.02. The van der Waals surface area contributed by atoms with Gasteiger partial charge in [0.2, 0.25) is 5.92 Å². The Morgan fingerprint density at radius 3 is 2.62 bits per heavy atom. The molecule has 3 aliphatic rings. The van der Waals surface area contributed by atoms with Crippen LogP contribution in [-0.4, -0.2) is 30.0 Å². The van der Waals surface area contributed by atoms with Gasteiger partial charge in [-0.3, -0.25) is 10.1 Å². The number of rotatable bonds is 4. The van der Waals surface area contributed by atoms with Crippen molar-refractivity contribution in [3.8, 4) is 0 Å². The first-order valence-corrected chi connectivity index (χ1v) is 9.03. The van der Waals surface area contributed by atoms with Crippen molar-refractivity contribution in [2.75, 3.05) is 6.61 Å². The van der Waals surface area contributed by atoms with Crippen LogP contribution in [0.4, 0.5) is 13.6 Å². The molecule has 1 spiro atoms. The van der Waals surface area contributed by atoms with Crippen LogP contribution in [0, 0.1) is 17.8 Å². The lowest BCUT2D eigenvalue weighted by Gasteiger charge is -2.35. The van der Waals surface area contributed by atoms with Crippen molar-refractivity contribution < 1.29 is 23.1 Å². The predicted octanol–water partition coefficient (Wildman–Crippen LogP) is 2.85. The van der Waals surface area contributed by atoms with E-state index in [0.717, 1.165) is 5.56 Å². The summed E-state index contributed by atoms with van der Waals surface area (Å²) in [5.41, 5.74) is -0.116. The number of hydrogen-bond acceptors (Lipinski definition) is 3. The van der Waals surface area contributed by atoms with Crippen molar-refractivity contribution in [3.05, 3.63) is 35.9 Å². The number of hydrogen-bond donors (Lipinski definition) is 2. The summed E-state index contributed by atoms with van der Waals surface area (Å²) in [4.78, 5) is 24.3. The van der Waals surface area contributed by atoms with Crippen LogP contribution in [0.3, 0.4) is 0 Å². The van der Waals surface area contributed by atoms with Crippen LogP contribution in [0.2, 0.25) is 0 Å². The van der Waals surface area contributed by atoms with Crippen LogP contribution >= 0.6 is 0 Å². The van der Waals surface area contributed by atoms with Gasteiger partial charge in [0.25, 0.3) is 5.91 Å². The van der Waals surface area contributed by atoms with Gasteiger partial charge in [-0.05, 0) is 30.2 Å². The molecule has 0 aromatic heterocycles. The van der Waals surface area contributed by atoms with Crippen molar-refractivity contribution >= 4 is 11.9 Å². The molecule has 2 saturated carbocycles. The molecule has 2 aliphatic carbocycles. The second-order valence-electron chi connectivity index (χ2n) is 7.71. The number of carbonyl (C=O) groups is 2. The monoisotopic (exact) mass is 364 g/mol. The standard InChI is InChI=1S/C19H22F2N2O3/c20-18(21)7-6-14-13(8-18)9-19(16(24)22-17(25)23-19)15(14)11-26-10-12-4-2-1-3-5-12/h1-5,13-15H,6-11H2,(H2,22,23,24,25)/t13-,14+,15-,19?/m0/s1. The Morgan fingerprint density at radius 1 is 1.15 bits per heavy atom. The van der Waals surface area contributed by atoms with Gasteiger partial charge in [-0.15, -0.1) is 0 Å². The molecule has 26 heavy (non-hydrogen) atoms. The van der Waals surface area contributed by atoms with E-state index in [2.05, 4.69) is 10.6 Å². The molecular formula is C19H22F2N2O3. The summed E-state index contributed by atoms with van der Waals surface area (Å²) in [6.07, 6.45) is 0.207. The third-order valence-electron chi connectivity index (χ3n) is 6.12. The zero-order valence-corrected chi connectivity index (χ0v) is 14.3. The number of halogens is 2. The van der Waals surface area contributed by atoms with Crippen LogP contribution in [-0.2, 0) is 16.1 Å². The van der Waals surface area contributed by atoms with Crippen LogP contribution in [0.5, 0.6) is 0 Å². The van der Waals surface area contributed by atoms with E-state index < -0.39 is 23.4 Å². The van der Waals surface area contributed by atoms with Gasteiger partial charge in [0.1, 0.15) is 5.54 Å². The van der Waals surface area contributed by atoms with Crippen molar-refractivity contribution in [1.82, 2.24) is 10.6 Å². The van der Waals surface area contributed by atoms with Gasteiger partial charge in [0, 0.05) is 18.8 Å². The van der Waals surface area contributed by atoms with E-state index >= 15 is 0 Å². The molecule has 1 saturated heterocycles. The highest BCUT2D eigenvalue weighted by Crippen LogP contribution is 2.55. The van der Waals surface area contributed by atoms with Gasteiger partial charge >= 0.3 is 6.03 Å². The van der Waals surface area contributed by atoms with Gasteiger partial charge in [0.05, 0.1) is 13.2 Å². The number of carbonyl (C=O) groups excluding carboxylic acids is 2. The van der Waals surface area contributed by atoms with E-state index in [0.29, 0.717) is 13.0 Å². The molecule has 3 fully saturated rings. The quantitative estimate of drug-likeness (QED) is 0.808. The summed E-state index contributed by atoms with van der Waals surface area (Å²) in [7, 11) is 0. The second kappa shape index (κ2) is 6.30. The average Bonchev–Trinajstić information content (AvgIpc) is 3.03. The first-order valence-electron chi connectivity index (χ1n) is 9.03. The molecule has 0 radical (unpaired) electrons. The summed E-state index contributed by atoms with van der Waals surface area (Å²) < 4.78 is 33.6. The minimum absolute atomic E-state index is 0.0467. The SMILES string of the molecule is O=C1NC(=O)C2(C[C@@H]3CC(F)(F)CC[C@H]3[C@@H]2COCc2ccccc2)N1. The van der Waals surface area contributed by atoms with E-state index in [9.17, 15) is 18.4 Å². The van der Waals surface area contributed by atoms with E-state index in [-0.39, 0.29) is 43.6 Å². The maximum atomic E-state index is 13.9. The minimum atomic E-state index is -2.69. The molecule has 2 N–H and O–H groups in total. The lowest BCUT2D eigenvalue weighted by atomic mass is 9.75. The van der Waals surface area contributed by atoms with E-state index in [1.165, 1.54) is 0 Å². The Labute approximate surface area is 150 Å². The Balaban J connectivity index is 1.53. The normalized spacial score (nSPS) is 35.2. The minimum Gasteiger partial charge on any atom is -0.376 e. The topological polar surface area (TPSA) is 67.4 Å². The van der Waals surface area contributed by atoms with Gasteiger partial charge in [-0.1, -0.05) is 30.3 Å². The van der Waals surface area contributed by atoms with Crippen LogP contribution in [0.15, 0.2) is 30.3 Å². The van der Waals surface area contributed by atoms with Crippen molar-refractivity contribution in [3.63, 3.8) is 0 Å². The van der Waals surface area contributed by atoms with Gasteiger partial charge < -0.3 is 10.1 Å². The van der Waals surface area contributed by atoms with Crippen LogP contribution in [0.1, 0.15) is 31.2 Å². The first-order chi connectivity index (χ1) is 12.4. The number of alkyl halides is 2. The highest BCUT2D eigenvalue weighted by atomic mass is 19.3. The molecule has 1 heterocycles. The Bertz CT molecular complexity index is 712. The molecule has 3 amide bonds. The molecule has 5 nitrogen and oxygen atoms in total. The van der Waals surface area contributed by atoms with Gasteiger partial charge in [-0.25, -0.2) is 13.6 Å². The van der Waals surface area contributed by atoms with E-state index in [4.69, 9.17) is 4.74 Å². The number of imide groups is 1. The van der Waals surface area contributed by atoms with Crippen molar-refractivity contribution in [2.45, 2.75) is 43.8 Å².